The smallest absolute Gasteiger partial charge is 0.243 e. The molecule has 5 nitrogen and oxygen atoms in total. The molecular formula is C16H24N2O3. The average molecular weight is 292 g/mol. The Kier molecular flexibility index (Phi) is 6.37. The highest BCUT2D eigenvalue weighted by Gasteiger charge is 2.16. The van der Waals surface area contributed by atoms with Crippen molar-refractivity contribution in [3.8, 4) is 0 Å². The molecule has 1 aromatic rings. The molecule has 0 atom stereocenters. The summed E-state index contributed by atoms with van der Waals surface area (Å²) in [5.41, 5.74) is 1.59. The fourth-order valence-electron chi connectivity index (χ4n) is 1.81. The van der Waals surface area contributed by atoms with Crippen LogP contribution in [0.5, 0.6) is 0 Å². The Morgan fingerprint density at radius 3 is 2.24 bits per heavy atom. The lowest BCUT2D eigenvalue weighted by molar-refractivity contribution is -0.125. The summed E-state index contributed by atoms with van der Waals surface area (Å²) in [5.74, 6) is -0.386. The van der Waals surface area contributed by atoms with E-state index in [9.17, 15) is 9.59 Å². The third kappa shape index (κ3) is 7.46. The minimum atomic E-state index is -0.257. The maximum absolute atomic E-state index is 11.7. The second-order valence-electron chi connectivity index (χ2n) is 6.23. The Hall–Kier alpha value is -1.88. The zero-order chi connectivity index (χ0) is 15.9. The predicted octanol–water partition coefficient (Wildman–Crippen LogP) is 1.71. The number of hydrogen-bond donors (Lipinski definition) is 3. The second kappa shape index (κ2) is 7.78. The molecule has 5 heteroatoms. The van der Waals surface area contributed by atoms with Crippen molar-refractivity contribution < 1.29 is 14.7 Å². The molecule has 0 aliphatic rings. The first-order chi connectivity index (χ1) is 9.80. The molecule has 1 aromatic carbocycles. The van der Waals surface area contributed by atoms with E-state index < -0.39 is 0 Å². The molecule has 0 saturated heterocycles. The van der Waals surface area contributed by atoms with Crippen LogP contribution in [0.4, 0.5) is 5.69 Å². The molecule has 0 spiro atoms. The van der Waals surface area contributed by atoms with Crippen LogP contribution in [0.3, 0.4) is 0 Å². The molecule has 1 rings (SSSR count). The van der Waals surface area contributed by atoms with Crippen LogP contribution in [0.15, 0.2) is 24.3 Å². The predicted molar refractivity (Wildman–Crippen MR) is 82.9 cm³/mol. The number of aliphatic hydroxyl groups excluding tert-OH is 1. The van der Waals surface area contributed by atoms with E-state index in [4.69, 9.17) is 5.11 Å². The Bertz CT molecular complexity index is 475. The first kappa shape index (κ1) is 17.2. The van der Waals surface area contributed by atoms with E-state index >= 15 is 0 Å². The van der Waals surface area contributed by atoms with Crippen LogP contribution in [-0.4, -0.2) is 30.1 Å². The van der Waals surface area contributed by atoms with Gasteiger partial charge >= 0.3 is 0 Å². The number of benzene rings is 1. The molecule has 3 N–H and O–H groups in total. The molecule has 0 heterocycles. The van der Waals surface area contributed by atoms with Crippen LogP contribution in [-0.2, 0) is 16.0 Å². The Balaban J connectivity index is 2.38. The average Bonchev–Trinajstić information content (AvgIpc) is 2.37. The Morgan fingerprint density at radius 1 is 1.10 bits per heavy atom. The summed E-state index contributed by atoms with van der Waals surface area (Å²) in [7, 11) is 0. The number of nitrogens with one attached hydrogen (secondary N) is 2. The van der Waals surface area contributed by atoms with Gasteiger partial charge in [0.05, 0.1) is 6.54 Å². The highest BCUT2D eigenvalue weighted by Crippen LogP contribution is 2.17. The molecule has 0 aliphatic heterocycles. The van der Waals surface area contributed by atoms with Crippen molar-refractivity contribution >= 4 is 17.5 Å². The summed E-state index contributed by atoms with van der Waals surface area (Å²) < 4.78 is 0. The SMILES string of the molecule is CC(C)(C)CC(=O)NCC(=O)Nc1ccc(CCO)cc1. The van der Waals surface area contributed by atoms with E-state index in [2.05, 4.69) is 10.6 Å². The van der Waals surface area contributed by atoms with E-state index in [-0.39, 0.29) is 30.4 Å². The van der Waals surface area contributed by atoms with E-state index in [0.717, 1.165) is 5.56 Å². The van der Waals surface area contributed by atoms with Gasteiger partial charge in [-0.1, -0.05) is 32.9 Å². The normalized spacial score (nSPS) is 11.0. The lowest BCUT2D eigenvalue weighted by atomic mass is 9.92. The van der Waals surface area contributed by atoms with Gasteiger partial charge < -0.3 is 15.7 Å². The van der Waals surface area contributed by atoms with Gasteiger partial charge in [-0.15, -0.1) is 0 Å². The summed E-state index contributed by atoms with van der Waals surface area (Å²) >= 11 is 0. The van der Waals surface area contributed by atoms with Crippen LogP contribution in [0.2, 0.25) is 0 Å². The molecule has 0 aliphatic carbocycles. The second-order valence-corrected chi connectivity index (χ2v) is 6.23. The molecular weight excluding hydrogens is 268 g/mol. The largest absolute Gasteiger partial charge is 0.396 e. The summed E-state index contributed by atoms with van der Waals surface area (Å²) in [6.45, 7) is 5.99. The molecule has 2 amide bonds. The maximum atomic E-state index is 11.7. The zero-order valence-corrected chi connectivity index (χ0v) is 12.9. The van der Waals surface area contributed by atoms with Crippen LogP contribution in [0.25, 0.3) is 0 Å². The number of amides is 2. The third-order valence-electron chi connectivity index (χ3n) is 2.78. The molecule has 21 heavy (non-hydrogen) atoms. The monoisotopic (exact) mass is 292 g/mol. The zero-order valence-electron chi connectivity index (χ0n) is 12.9. The van der Waals surface area contributed by atoms with Gasteiger partial charge in [0.2, 0.25) is 11.8 Å². The topological polar surface area (TPSA) is 78.4 Å². The molecule has 116 valence electrons. The van der Waals surface area contributed by atoms with Crippen LogP contribution >= 0.6 is 0 Å². The molecule has 0 aromatic heterocycles. The molecule has 0 unspecified atom stereocenters. The number of carbonyl (C=O) groups is 2. The van der Waals surface area contributed by atoms with Gasteiger partial charge in [-0.05, 0) is 29.5 Å². The van der Waals surface area contributed by atoms with Crippen molar-refractivity contribution in [3.63, 3.8) is 0 Å². The van der Waals surface area contributed by atoms with Gasteiger partial charge in [-0.2, -0.15) is 0 Å². The Labute approximate surface area is 125 Å². The van der Waals surface area contributed by atoms with E-state index in [1.54, 1.807) is 12.1 Å². The highest BCUT2D eigenvalue weighted by molar-refractivity contribution is 5.94. The number of aliphatic hydroxyl groups is 1. The van der Waals surface area contributed by atoms with Crippen molar-refractivity contribution in [1.29, 1.82) is 0 Å². The quantitative estimate of drug-likeness (QED) is 0.747. The number of anilines is 1. The van der Waals surface area contributed by atoms with Crippen molar-refractivity contribution in [2.45, 2.75) is 33.6 Å². The standard InChI is InChI=1S/C16H24N2O3/c1-16(2,3)10-14(20)17-11-15(21)18-13-6-4-12(5-7-13)8-9-19/h4-7,19H,8-11H2,1-3H3,(H,17,20)(H,18,21). The van der Waals surface area contributed by atoms with Crippen LogP contribution in [0.1, 0.15) is 32.8 Å². The number of carbonyl (C=O) groups excluding carboxylic acids is 2. The fraction of sp³-hybridized carbons (Fsp3) is 0.500. The fourth-order valence-corrected chi connectivity index (χ4v) is 1.81. The van der Waals surface area contributed by atoms with Crippen molar-refractivity contribution in [1.82, 2.24) is 5.32 Å². The lowest BCUT2D eigenvalue weighted by Crippen LogP contribution is -2.34. The molecule has 0 bridgehead atoms. The summed E-state index contributed by atoms with van der Waals surface area (Å²) in [4.78, 5) is 23.3. The van der Waals surface area contributed by atoms with E-state index in [1.165, 1.54) is 0 Å². The first-order valence-corrected chi connectivity index (χ1v) is 7.06. The third-order valence-corrected chi connectivity index (χ3v) is 2.78. The lowest BCUT2D eigenvalue weighted by Gasteiger charge is -2.17. The molecule has 0 saturated carbocycles. The van der Waals surface area contributed by atoms with Gasteiger partial charge in [0, 0.05) is 18.7 Å². The van der Waals surface area contributed by atoms with Gasteiger partial charge in [0.25, 0.3) is 0 Å². The Morgan fingerprint density at radius 2 is 1.71 bits per heavy atom. The summed E-state index contributed by atoms with van der Waals surface area (Å²) in [6.07, 6.45) is 0.979. The van der Waals surface area contributed by atoms with Crippen molar-refractivity contribution in [2.75, 3.05) is 18.5 Å². The van der Waals surface area contributed by atoms with Gasteiger partial charge in [0.15, 0.2) is 0 Å². The first-order valence-electron chi connectivity index (χ1n) is 7.06. The van der Waals surface area contributed by atoms with Crippen LogP contribution in [0, 0.1) is 5.41 Å². The maximum Gasteiger partial charge on any atom is 0.243 e. The minimum Gasteiger partial charge on any atom is -0.396 e. The van der Waals surface area contributed by atoms with E-state index in [0.29, 0.717) is 18.5 Å². The van der Waals surface area contributed by atoms with Gasteiger partial charge in [-0.3, -0.25) is 9.59 Å². The van der Waals surface area contributed by atoms with Crippen molar-refractivity contribution in [2.24, 2.45) is 5.41 Å². The highest BCUT2D eigenvalue weighted by atomic mass is 16.3. The van der Waals surface area contributed by atoms with Crippen molar-refractivity contribution in [3.05, 3.63) is 29.8 Å². The summed E-state index contributed by atoms with van der Waals surface area (Å²) in [5, 5.41) is 14.1. The number of rotatable bonds is 6. The molecule has 0 fully saturated rings. The number of hydrogen-bond acceptors (Lipinski definition) is 3. The van der Waals surface area contributed by atoms with Crippen LogP contribution < -0.4 is 10.6 Å². The minimum absolute atomic E-state index is 0.0344. The molecule has 0 radical (unpaired) electrons. The van der Waals surface area contributed by atoms with Gasteiger partial charge in [-0.25, -0.2) is 0 Å². The van der Waals surface area contributed by atoms with E-state index in [1.807, 2.05) is 32.9 Å². The van der Waals surface area contributed by atoms with Gasteiger partial charge in [0.1, 0.15) is 0 Å². The summed E-state index contributed by atoms with van der Waals surface area (Å²) in [6, 6.07) is 7.26.